The fourth-order valence-corrected chi connectivity index (χ4v) is 2.70. The molecule has 4 heteroatoms. The molecule has 2 nitrogen and oxygen atoms in total. The van der Waals surface area contributed by atoms with E-state index in [4.69, 9.17) is 0 Å². The molecule has 0 aliphatic rings. The third kappa shape index (κ3) is 4.39. The van der Waals surface area contributed by atoms with Gasteiger partial charge in [0.15, 0.2) is 0 Å². The van der Waals surface area contributed by atoms with E-state index in [2.05, 4.69) is 21.2 Å². The van der Waals surface area contributed by atoms with Gasteiger partial charge in [0.25, 0.3) is 0 Å². The van der Waals surface area contributed by atoms with Crippen molar-refractivity contribution in [2.45, 2.75) is 26.2 Å². The molecule has 0 bridgehead atoms. The van der Waals surface area contributed by atoms with Crippen LogP contribution in [-0.2, 0) is 4.79 Å². The highest BCUT2D eigenvalue weighted by Crippen LogP contribution is 2.25. The van der Waals surface area contributed by atoms with Crippen molar-refractivity contribution in [1.82, 2.24) is 0 Å². The van der Waals surface area contributed by atoms with Crippen molar-refractivity contribution < 1.29 is 9.18 Å². The summed E-state index contributed by atoms with van der Waals surface area (Å²) < 4.78 is 13.8. The second-order valence-electron chi connectivity index (χ2n) is 5.19. The summed E-state index contributed by atoms with van der Waals surface area (Å²) in [5.41, 5.74) is 2.84. The molecule has 2 rings (SSSR count). The Kier molecular flexibility index (Phi) is 5.12. The lowest BCUT2D eigenvalue weighted by atomic mass is 9.97. The molecule has 0 aromatic heterocycles. The van der Waals surface area contributed by atoms with Crippen LogP contribution in [0.3, 0.4) is 0 Å². The average Bonchev–Trinajstić information content (AvgIpc) is 2.42. The Labute approximate surface area is 132 Å². The Bertz CT molecular complexity index is 640. The van der Waals surface area contributed by atoms with E-state index in [0.29, 0.717) is 6.42 Å². The van der Waals surface area contributed by atoms with Gasteiger partial charge in [0.2, 0.25) is 5.91 Å². The van der Waals surface area contributed by atoms with Crippen molar-refractivity contribution in [2.24, 2.45) is 0 Å². The van der Waals surface area contributed by atoms with Crippen molar-refractivity contribution in [3.8, 4) is 0 Å². The molecule has 21 heavy (non-hydrogen) atoms. The Hall–Kier alpha value is -1.68. The molecule has 1 atom stereocenters. The van der Waals surface area contributed by atoms with Crippen molar-refractivity contribution in [1.29, 1.82) is 0 Å². The van der Waals surface area contributed by atoms with E-state index in [-0.39, 0.29) is 17.6 Å². The minimum atomic E-state index is -0.265. The lowest BCUT2D eigenvalue weighted by Crippen LogP contribution is -2.14. The maximum atomic E-state index is 12.9. The van der Waals surface area contributed by atoms with E-state index in [1.54, 1.807) is 12.1 Å². The lowest BCUT2D eigenvalue weighted by molar-refractivity contribution is -0.116. The number of hydrogen-bond acceptors (Lipinski definition) is 1. The highest BCUT2D eigenvalue weighted by atomic mass is 79.9. The normalized spacial score (nSPS) is 12.0. The second-order valence-corrected chi connectivity index (χ2v) is 6.04. The standard InChI is InChI=1S/C17H17BrFNO/c1-11-3-8-16(15(18)9-11)20-17(21)10-12(2)13-4-6-14(19)7-5-13/h3-9,12H,10H2,1-2H3,(H,20,21). The number of halogens is 2. The minimum Gasteiger partial charge on any atom is -0.325 e. The summed E-state index contributed by atoms with van der Waals surface area (Å²) in [6.07, 6.45) is 0.353. The number of anilines is 1. The molecule has 110 valence electrons. The fourth-order valence-electron chi connectivity index (χ4n) is 2.11. The van der Waals surface area contributed by atoms with Gasteiger partial charge in [-0.25, -0.2) is 4.39 Å². The Morgan fingerprint density at radius 2 is 1.90 bits per heavy atom. The van der Waals surface area contributed by atoms with E-state index < -0.39 is 0 Å². The van der Waals surface area contributed by atoms with Crippen LogP contribution >= 0.6 is 15.9 Å². The van der Waals surface area contributed by atoms with Crippen molar-refractivity contribution in [2.75, 3.05) is 5.32 Å². The number of carbonyl (C=O) groups is 1. The Morgan fingerprint density at radius 1 is 1.24 bits per heavy atom. The first-order valence-electron chi connectivity index (χ1n) is 6.77. The molecule has 2 aromatic carbocycles. The van der Waals surface area contributed by atoms with Gasteiger partial charge in [-0.1, -0.05) is 25.1 Å². The zero-order valence-corrected chi connectivity index (χ0v) is 13.6. The zero-order chi connectivity index (χ0) is 15.4. The third-order valence-electron chi connectivity index (χ3n) is 3.33. The van der Waals surface area contributed by atoms with E-state index in [0.717, 1.165) is 21.3 Å². The molecule has 0 saturated carbocycles. The smallest absolute Gasteiger partial charge is 0.225 e. The van der Waals surface area contributed by atoms with Gasteiger partial charge in [0, 0.05) is 10.9 Å². The lowest BCUT2D eigenvalue weighted by Gasteiger charge is -2.13. The third-order valence-corrected chi connectivity index (χ3v) is 3.99. The van der Waals surface area contributed by atoms with Crippen molar-refractivity contribution >= 4 is 27.5 Å². The van der Waals surface area contributed by atoms with Gasteiger partial charge in [0.05, 0.1) is 5.69 Å². The second kappa shape index (κ2) is 6.85. The van der Waals surface area contributed by atoms with Gasteiger partial charge >= 0.3 is 0 Å². The monoisotopic (exact) mass is 349 g/mol. The molecule has 0 radical (unpaired) electrons. The number of nitrogens with one attached hydrogen (secondary N) is 1. The van der Waals surface area contributed by atoms with Crippen LogP contribution in [-0.4, -0.2) is 5.91 Å². The van der Waals surface area contributed by atoms with Gasteiger partial charge in [-0.3, -0.25) is 4.79 Å². The molecule has 0 saturated heterocycles. The molecule has 0 aliphatic heterocycles. The van der Waals surface area contributed by atoms with Crippen LogP contribution in [0.1, 0.15) is 30.4 Å². The Morgan fingerprint density at radius 3 is 2.52 bits per heavy atom. The molecule has 0 fully saturated rings. The van der Waals surface area contributed by atoms with E-state index >= 15 is 0 Å². The molecular weight excluding hydrogens is 333 g/mol. The van der Waals surface area contributed by atoms with E-state index in [1.807, 2.05) is 32.0 Å². The number of carbonyl (C=O) groups excluding carboxylic acids is 1. The summed E-state index contributed by atoms with van der Waals surface area (Å²) in [5, 5.41) is 2.89. The predicted octanol–water partition coefficient (Wildman–Crippen LogP) is 5.03. The van der Waals surface area contributed by atoms with Crippen LogP contribution in [0.15, 0.2) is 46.9 Å². The van der Waals surface area contributed by atoms with E-state index in [9.17, 15) is 9.18 Å². The number of hydrogen-bond donors (Lipinski definition) is 1. The molecule has 0 aliphatic carbocycles. The van der Waals surface area contributed by atoms with E-state index in [1.165, 1.54) is 12.1 Å². The van der Waals surface area contributed by atoms with Crippen molar-refractivity contribution in [3.05, 3.63) is 63.9 Å². The predicted molar refractivity (Wildman–Crippen MR) is 86.9 cm³/mol. The number of amides is 1. The topological polar surface area (TPSA) is 29.1 Å². The van der Waals surface area contributed by atoms with Crippen LogP contribution in [0.4, 0.5) is 10.1 Å². The quantitative estimate of drug-likeness (QED) is 0.823. The zero-order valence-electron chi connectivity index (χ0n) is 12.0. The molecule has 1 amide bonds. The maximum absolute atomic E-state index is 12.9. The maximum Gasteiger partial charge on any atom is 0.225 e. The number of aryl methyl sites for hydroxylation is 1. The average molecular weight is 350 g/mol. The van der Waals surface area contributed by atoms with Gasteiger partial charge in [-0.05, 0) is 64.2 Å². The highest BCUT2D eigenvalue weighted by molar-refractivity contribution is 9.10. The summed E-state index contributed by atoms with van der Waals surface area (Å²) in [6.45, 7) is 3.95. The molecule has 1 N–H and O–H groups in total. The van der Waals surface area contributed by atoms with Crippen molar-refractivity contribution in [3.63, 3.8) is 0 Å². The number of benzene rings is 2. The number of rotatable bonds is 4. The van der Waals surface area contributed by atoms with Crippen LogP contribution in [0.5, 0.6) is 0 Å². The van der Waals surface area contributed by atoms with Crippen LogP contribution < -0.4 is 5.32 Å². The first kappa shape index (κ1) is 15.7. The van der Waals surface area contributed by atoms with Crippen LogP contribution in [0.2, 0.25) is 0 Å². The van der Waals surface area contributed by atoms with Gasteiger partial charge < -0.3 is 5.32 Å². The van der Waals surface area contributed by atoms with Crippen LogP contribution in [0.25, 0.3) is 0 Å². The van der Waals surface area contributed by atoms with Crippen LogP contribution in [0, 0.1) is 12.7 Å². The van der Waals surface area contributed by atoms with Gasteiger partial charge in [-0.15, -0.1) is 0 Å². The Balaban J connectivity index is 1.99. The summed E-state index contributed by atoms with van der Waals surface area (Å²) in [5.74, 6) is -0.287. The summed E-state index contributed by atoms with van der Waals surface area (Å²) in [7, 11) is 0. The van der Waals surface area contributed by atoms with Gasteiger partial charge in [-0.2, -0.15) is 0 Å². The van der Waals surface area contributed by atoms with Gasteiger partial charge in [0.1, 0.15) is 5.82 Å². The summed E-state index contributed by atoms with van der Waals surface area (Å²) >= 11 is 3.44. The summed E-state index contributed by atoms with van der Waals surface area (Å²) in [4.78, 5) is 12.1. The molecular formula is C17H17BrFNO. The molecule has 1 unspecified atom stereocenters. The minimum absolute atomic E-state index is 0.0369. The first-order chi connectivity index (χ1) is 9.95. The molecule has 0 heterocycles. The largest absolute Gasteiger partial charge is 0.325 e. The molecule has 0 spiro atoms. The SMILES string of the molecule is Cc1ccc(NC(=O)CC(C)c2ccc(F)cc2)c(Br)c1. The molecule has 2 aromatic rings. The summed E-state index contributed by atoms with van der Waals surface area (Å²) in [6, 6.07) is 12.0. The first-order valence-corrected chi connectivity index (χ1v) is 7.56. The fraction of sp³-hybridized carbons (Fsp3) is 0.235. The highest BCUT2D eigenvalue weighted by Gasteiger charge is 2.12.